The van der Waals surface area contributed by atoms with Gasteiger partial charge >= 0.3 is 0 Å². The summed E-state index contributed by atoms with van der Waals surface area (Å²) in [6, 6.07) is 4.78. The molecule has 90 valence electrons. The van der Waals surface area contributed by atoms with Crippen molar-refractivity contribution in [3.05, 3.63) is 24.0 Å². The summed E-state index contributed by atoms with van der Waals surface area (Å²) < 4.78 is 1.88. The summed E-state index contributed by atoms with van der Waals surface area (Å²) in [5.41, 5.74) is 2.14. The van der Waals surface area contributed by atoms with Crippen molar-refractivity contribution in [2.75, 3.05) is 5.32 Å². The van der Waals surface area contributed by atoms with Crippen LogP contribution in [0.1, 0.15) is 31.7 Å². The lowest BCUT2D eigenvalue weighted by atomic mass is 10.1. The van der Waals surface area contributed by atoms with Gasteiger partial charge in [0.2, 0.25) is 0 Å². The molecule has 0 amide bonds. The molecule has 2 unspecified atom stereocenters. The molecule has 1 saturated carbocycles. The van der Waals surface area contributed by atoms with E-state index in [2.05, 4.69) is 41.4 Å². The van der Waals surface area contributed by atoms with Gasteiger partial charge in [0.1, 0.15) is 12.1 Å². The van der Waals surface area contributed by atoms with Crippen LogP contribution in [0.25, 0.3) is 5.65 Å². The van der Waals surface area contributed by atoms with E-state index in [1.54, 1.807) is 6.33 Å². The van der Waals surface area contributed by atoms with Gasteiger partial charge in [0.05, 0.1) is 0 Å². The molecule has 0 aromatic carbocycles. The van der Waals surface area contributed by atoms with Crippen molar-refractivity contribution in [3.8, 4) is 0 Å². The number of aryl methyl sites for hydroxylation is 1. The van der Waals surface area contributed by atoms with E-state index in [1.807, 2.05) is 4.52 Å². The molecule has 0 saturated heterocycles. The highest BCUT2D eigenvalue weighted by molar-refractivity contribution is 5.51. The quantitative estimate of drug-likeness (QED) is 0.862. The van der Waals surface area contributed by atoms with E-state index >= 15 is 0 Å². The van der Waals surface area contributed by atoms with Gasteiger partial charge in [0, 0.05) is 6.04 Å². The van der Waals surface area contributed by atoms with E-state index in [4.69, 9.17) is 0 Å². The Bertz CT molecular complexity index is 531. The first-order chi connectivity index (χ1) is 8.22. The molecule has 1 aliphatic carbocycles. The van der Waals surface area contributed by atoms with E-state index < -0.39 is 0 Å². The topological polar surface area (TPSA) is 42.2 Å². The third-order valence-electron chi connectivity index (χ3n) is 3.57. The fraction of sp³-hybridized carbons (Fsp3) is 0.538. The number of nitrogens with zero attached hydrogens (tertiary/aromatic N) is 3. The standard InChI is InChI=1S/C13H18N4/c1-9-3-4-11(5-9)16-13-7-10(2)6-12-14-8-15-17(12)13/h6-9,11,16H,3-5H2,1-2H3. The van der Waals surface area contributed by atoms with E-state index in [1.165, 1.54) is 24.8 Å². The molecule has 2 aromatic rings. The van der Waals surface area contributed by atoms with Gasteiger partial charge in [-0.15, -0.1) is 0 Å². The molecule has 0 radical (unpaired) electrons. The Morgan fingerprint density at radius 2 is 2.24 bits per heavy atom. The van der Waals surface area contributed by atoms with Gasteiger partial charge in [-0.3, -0.25) is 0 Å². The number of aromatic nitrogens is 3. The van der Waals surface area contributed by atoms with Gasteiger partial charge in [-0.1, -0.05) is 6.92 Å². The van der Waals surface area contributed by atoms with Crippen molar-refractivity contribution in [2.24, 2.45) is 5.92 Å². The Balaban J connectivity index is 1.91. The average Bonchev–Trinajstić information content (AvgIpc) is 2.87. The molecule has 0 spiro atoms. The zero-order chi connectivity index (χ0) is 11.8. The van der Waals surface area contributed by atoms with Crippen molar-refractivity contribution >= 4 is 11.5 Å². The fourth-order valence-corrected chi connectivity index (χ4v) is 2.71. The number of hydrogen-bond acceptors (Lipinski definition) is 3. The first-order valence-corrected chi connectivity index (χ1v) is 6.29. The highest BCUT2D eigenvalue weighted by Crippen LogP contribution is 2.27. The number of anilines is 1. The summed E-state index contributed by atoms with van der Waals surface area (Å²) in [5, 5.41) is 7.87. The Morgan fingerprint density at radius 1 is 1.35 bits per heavy atom. The van der Waals surface area contributed by atoms with Crippen LogP contribution in [-0.4, -0.2) is 20.6 Å². The maximum atomic E-state index is 4.26. The largest absolute Gasteiger partial charge is 0.367 e. The van der Waals surface area contributed by atoms with Crippen LogP contribution < -0.4 is 5.32 Å². The lowest BCUT2D eigenvalue weighted by Gasteiger charge is -2.15. The van der Waals surface area contributed by atoms with Crippen molar-refractivity contribution in [3.63, 3.8) is 0 Å². The predicted molar refractivity (Wildman–Crippen MR) is 68.1 cm³/mol. The molecule has 2 aromatic heterocycles. The Morgan fingerprint density at radius 3 is 3.00 bits per heavy atom. The van der Waals surface area contributed by atoms with Crippen LogP contribution in [0, 0.1) is 12.8 Å². The molecule has 4 nitrogen and oxygen atoms in total. The molecule has 2 atom stereocenters. The van der Waals surface area contributed by atoms with Gasteiger partial charge in [-0.25, -0.2) is 4.98 Å². The maximum Gasteiger partial charge on any atom is 0.157 e. The predicted octanol–water partition coefficient (Wildman–Crippen LogP) is 2.64. The molecule has 0 aliphatic heterocycles. The van der Waals surface area contributed by atoms with Crippen molar-refractivity contribution in [1.29, 1.82) is 0 Å². The summed E-state index contributed by atoms with van der Waals surface area (Å²) in [6.07, 6.45) is 5.44. The number of nitrogens with one attached hydrogen (secondary N) is 1. The fourth-order valence-electron chi connectivity index (χ4n) is 2.71. The minimum absolute atomic E-state index is 0.583. The zero-order valence-electron chi connectivity index (χ0n) is 10.3. The molecule has 1 aliphatic rings. The third-order valence-corrected chi connectivity index (χ3v) is 3.57. The molecule has 4 heteroatoms. The molecule has 1 fully saturated rings. The second-order valence-corrected chi connectivity index (χ2v) is 5.21. The van der Waals surface area contributed by atoms with Crippen LogP contribution in [0.15, 0.2) is 18.5 Å². The maximum absolute atomic E-state index is 4.26. The number of rotatable bonds is 2. The molecule has 3 rings (SSSR count). The van der Waals surface area contributed by atoms with Crippen LogP contribution in [0.2, 0.25) is 0 Å². The Kier molecular flexibility index (Phi) is 2.50. The van der Waals surface area contributed by atoms with Crippen LogP contribution in [0.3, 0.4) is 0 Å². The molecule has 1 N–H and O–H groups in total. The summed E-state index contributed by atoms with van der Waals surface area (Å²) in [6.45, 7) is 4.42. The van der Waals surface area contributed by atoms with E-state index in [0.29, 0.717) is 6.04 Å². The van der Waals surface area contributed by atoms with Crippen LogP contribution in [0.5, 0.6) is 0 Å². The van der Waals surface area contributed by atoms with Gasteiger partial charge in [0.25, 0.3) is 0 Å². The van der Waals surface area contributed by atoms with Gasteiger partial charge < -0.3 is 5.32 Å². The summed E-state index contributed by atoms with van der Waals surface area (Å²) in [7, 11) is 0. The summed E-state index contributed by atoms with van der Waals surface area (Å²) in [4.78, 5) is 4.24. The van der Waals surface area contributed by atoms with Crippen LogP contribution in [0.4, 0.5) is 5.82 Å². The number of pyridine rings is 1. The molecule has 0 bridgehead atoms. The second-order valence-electron chi connectivity index (χ2n) is 5.21. The molecule has 17 heavy (non-hydrogen) atoms. The van der Waals surface area contributed by atoms with Crippen molar-refractivity contribution in [1.82, 2.24) is 14.6 Å². The van der Waals surface area contributed by atoms with Gasteiger partial charge in [0.15, 0.2) is 5.65 Å². The van der Waals surface area contributed by atoms with E-state index in [-0.39, 0.29) is 0 Å². The second kappa shape index (κ2) is 4.02. The van der Waals surface area contributed by atoms with E-state index in [9.17, 15) is 0 Å². The first kappa shape index (κ1) is 10.6. The number of hydrogen-bond donors (Lipinski definition) is 1. The monoisotopic (exact) mass is 230 g/mol. The van der Waals surface area contributed by atoms with E-state index in [0.717, 1.165) is 17.4 Å². The first-order valence-electron chi connectivity index (χ1n) is 6.29. The SMILES string of the molecule is Cc1cc(NC2CCC(C)C2)n2ncnc2c1. The van der Waals surface area contributed by atoms with Crippen molar-refractivity contribution in [2.45, 2.75) is 39.2 Å². The highest BCUT2D eigenvalue weighted by Gasteiger charge is 2.21. The van der Waals surface area contributed by atoms with Crippen LogP contribution >= 0.6 is 0 Å². The zero-order valence-corrected chi connectivity index (χ0v) is 10.3. The Labute approximate surface area is 101 Å². The van der Waals surface area contributed by atoms with Crippen molar-refractivity contribution < 1.29 is 0 Å². The average molecular weight is 230 g/mol. The minimum atomic E-state index is 0.583. The molecule has 2 heterocycles. The lowest BCUT2D eigenvalue weighted by molar-refractivity contribution is 0.602. The summed E-state index contributed by atoms with van der Waals surface area (Å²) in [5.74, 6) is 1.90. The Hall–Kier alpha value is -1.58. The minimum Gasteiger partial charge on any atom is -0.367 e. The van der Waals surface area contributed by atoms with Gasteiger partial charge in [-0.05, 0) is 49.8 Å². The van der Waals surface area contributed by atoms with Crippen LogP contribution in [-0.2, 0) is 0 Å². The third kappa shape index (κ3) is 1.99. The molecular formula is C13H18N4. The number of fused-ring (bicyclic) bond motifs is 1. The highest BCUT2D eigenvalue weighted by atomic mass is 15.3. The molecular weight excluding hydrogens is 212 g/mol. The smallest absolute Gasteiger partial charge is 0.157 e. The van der Waals surface area contributed by atoms with Gasteiger partial charge in [-0.2, -0.15) is 9.61 Å². The summed E-state index contributed by atoms with van der Waals surface area (Å²) >= 11 is 0. The lowest BCUT2D eigenvalue weighted by Crippen LogP contribution is -2.17. The normalized spacial score (nSPS) is 24.4.